The standard InChI is InChI=1S/C29H27Cl2NO4/c1-3-4-5-16-36-23-14-9-20(10-15-23)27(33)25-26(19-7-11-21(30)12-8-19)32(29(35)28(25)34)22-13-6-18(2)24(31)17-22/h6-15,17,26,33H,3-5,16H2,1-2H3/b27-25+. The van der Waals surface area contributed by atoms with Gasteiger partial charge in [0.05, 0.1) is 18.2 Å². The lowest BCUT2D eigenvalue weighted by atomic mass is 9.95. The number of aliphatic hydroxyl groups is 1. The molecule has 0 radical (unpaired) electrons. The van der Waals surface area contributed by atoms with Crippen LogP contribution in [0, 0.1) is 6.92 Å². The normalized spacial score (nSPS) is 17.0. The highest BCUT2D eigenvalue weighted by Crippen LogP contribution is 2.43. The van der Waals surface area contributed by atoms with Gasteiger partial charge in [0.1, 0.15) is 11.5 Å². The summed E-state index contributed by atoms with van der Waals surface area (Å²) in [5.74, 6) is -1.10. The summed E-state index contributed by atoms with van der Waals surface area (Å²) < 4.78 is 5.75. The van der Waals surface area contributed by atoms with E-state index in [9.17, 15) is 14.7 Å². The van der Waals surface area contributed by atoms with Crippen LogP contribution in [0.15, 0.2) is 72.3 Å². The Labute approximate surface area is 220 Å². The number of hydrogen-bond acceptors (Lipinski definition) is 4. The van der Waals surface area contributed by atoms with Crippen molar-refractivity contribution in [1.82, 2.24) is 0 Å². The molecule has 1 atom stereocenters. The Kier molecular flexibility index (Phi) is 8.02. The summed E-state index contributed by atoms with van der Waals surface area (Å²) in [4.78, 5) is 27.9. The maximum atomic E-state index is 13.3. The van der Waals surface area contributed by atoms with E-state index < -0.39 is 17.7 Å². The van der Waals surface area contributed by atoms with Gasteiger partial charge in [-0.3, -0.25) is 14.5 Å². The molecular formula is C29H27Cl2NO4. The number of halogens is 2. The minimum absolute atomic E-state index is 0.00404. The number of Topliss-reactive ketones (excluding diaryl/α,β-unsaturated/α-hetero) is 1. The van der Waals surface area contributed by atoms with Gasteiger partial charge in [0, 0.05) is 21.3 Å². The number of ketones is 1. The molecule has 0 spiro atoms. The van der Waals surface area contributed by atoms with E-state index in [0.29, 0.717) is 39.2 Å². The number of nitrogens with zero attached hydrogens (tertiary/aromatic N) is 1. The van der Waals surface area contributed by atoms with Crippen LogP contribution in [0.1, 0.15) is 48.9 Å². The number of aryl methyl sites for hydroxylation is 1. The van der Waals surface area contributed by atoms with Crippen molar-refractivity contribution in [1.29, 1.82) is 0 Å². The Morgan fingerprint density at radius 3 is 2.31 bits per heavy atom. The average molecular weight is 524 g/mol. The topological polar surface area (TPSA) is 66.8 Å². The van der Waals surface area contributed by atoms with E-state index in [1.165, 1.54) is 4.90 Å². The number of amides is 1. The Balaban J connectivity index is 1.76. The highest BCUT2D eigenvalue weighted by molar-refractivity contribution is 6.51. The molecule has 1 unspecified atom stereocenters. The minimum Gasteiger partial charge on any atom is -0.507 e. The van der Waals surface area contributed by atoms with Gasteiger partial charge in [0.25, 0.3) is 11.7 Å². The number of carbonyl (C=O) groups is 2. The fourth-order valence-corrected chi connectivity index (χ4v) is 4.50. The van der Waals surface area contributed by atoms with Crippen molar-refractivity contribution in [2.75, 3.05) is 11.5 Å². The molecule has 3 aromatic rings. The van der Waals surface area contributed by atoms with E-state index in [4.69, 9.17) is 27.9 Å². The van der Waals surface area contributed by atoms with Crippen molar-refractivity contribution >= 4 is 46.3 Å². The number of benzene rings is 3. The number of unbranched alkanes of at least 4 members (excludes halogenated alkanes) is 2. The van der Waals surface area contributed by atoms with Crippen LogP contribution in [-0.4, -0.2) is 23.4 Å². The molecule has 4 rings (SSSR count). The molecule has 7 heteroatoms. The summed E-state index contributed by atoms with van der Waals surface area (Å²) in [6.07, 6.45) is 3.17. The van der Waals surface area contributed by atoms with E-state index in [1.54, 1.807) is 66.7 Å². The summed E-state index contributed by atoms with van der Waals surface area (Å²) in [6, 6.07) is 18.0. The smallest absolute Gasteiger partial charge is 0.300 e. The molecule has 5 nitrogen and oxygen atoms in total. The van der Waals surface area contributed by atoms with Gasteiger partial charge in [0.15, 0.2) is 0 Å². The molecule has 0 aliphatic carbocycles. The first-order valence-corrected chi connectivity index (χ1v) is 12.6. The van der Waals surface area contributed by atoms with Crippen molar-refractivity contribution in [2.24, 2.45) is 0 Å². The zero-order valence-corrected chi connectivity index (χ0v) is 21.6. The van der Waals surface area contributed by atoms with Crippen LogP contribution in [0.25, 0.3) is 5.76 Å². The molecule has 1 fully saturated rings. The van der Waals surface area contributed by atoms with E-state index in [-0.39, 0.29) is 11.3 Å². The number of ether oxygens (including phenoxy) is 1. The number of anilines is 1. The van der Waals surface area contributed by atoms with E-state index in [1.807, 2.05) is 6.92 Å². The average Bonchev–Trinajstić information content (AvgIpc) is 3.14. The molecule has 0 saturated carbocycles. The molecule has 1 aliphatic heterocycles. The highest BCUT2D eigenvalue weighted by atomic mass is 35.5. The fraction of sp³-hybridized carbons (Fsp3) is 0.241. The maximum absolute atomic E-state index is 13.3. The third-order valence-corrected chi connectivity index (χ3v) is 6.87. The van der Waals surface area contributed by atoms with Gasteiger partial charge >= 0.3 is 0 Å². The van der Waals surface area contributed by atoms with Crippen molar-refractivity contribution in [2.45, 2.75) is 39.2 Å². The summed E-state index contributed by atoms with van der Waals surface area (Å²) in [6.45, 7) is 4.60. The maximum Gasteiger partial charge on any atom is 0.300 e. The van der Waals surface area contributed by atoms with E-state index >= 15 is 0 Å². The lowest BCUT2D eigenvalue weighted by Gasteiger charge is -2.26. The Bertz CT molecular complexity index is 1300. The molecule has 3 aromatic carbocycles. The van der Waals surface area contributed by atoms with Gasteiger partial charge in [-0.2, -0.15) is 0 Å². The zero-order valence-electron chi connectivity index (χ0n) is 20.1. The van der Waals surface area contributed by atoms with Gasteiger partial charge < -0.3 is 9.84 Å². The number of rotatable bonds is 8. The third kappa shape index (κ3) is 5.28. The quantitative estimate of drug-likeness (QED) is 0.143. The Morgan fingerprint density at radius 2 is 1.67 bits per heavy atom. The molecular weight excluding hydrogens is 497 g/mol. The first-order valence-electron chi connectivity index (χ1n) is 11.9. The predicted molar refractivity (Wildman–Crippen MR) is 144 cm³/mol. The Hall–Kier alpha value is -3.28. The molecule has 1 N–H and O–H groups in total. The second kappa shape index (κ2) is 11.2. The summed E-state index contributed by atoms with van der Waals surface area (Å²) >= 11 is 12.4. The predicted octanol–water partition coefficient (Wildman–Crippen LogP) is 7.50. The van der Waals surface area contributed by atoms with E-state index in [0.717, 1.165) is 24.8 Å². The van der Waals surface area contributed by atoms with Crippen LogP contribution in [0.3, 0.4) is 0 Å². The monoisotopic (exact) mass is 523 g/mol. The molecule has 1 aliphatic rings. The largest absolute Gasteiger partial charge is 0.507 e. The lowest BCUT2D eigenvalue weighted by Crippen LogP contribution is -2.29. The van der Waals surface area contributed by atoms with Gasteiger partial charge in [0.2, 0.25) is 0 Å². The first-order chi connectivity index (χ1) is 17.3. The van der Waals surface area contributed by atoms with Gasteiger partial charge in [-0.05, 0) is 73.0 Å². The van der Waals surface area contributed by atoms with Gasteiger partial charge in [-0.15, -0.1) is 0 Å². The van der Waals surface area contributed by atoms with Crippen LogP contribution in [-0.2, 0) is 9.59 Å². The first kappa shape index (κ1) is 25.8. The van der Waals surface area contributed by atoms with Crippen LogP contribution in [0.4, 0.5) is 5.69 Å². The SMILES string of the molecule is CCCCCOc1ccc(/C(O)=C2\C(=O)C(=O)N(c3ccc(C)c(Cl)c3)C2c2ccc(Cl)cc2)cc1. The molecule has 36 heavy (non-hydrogen) atoms. The molecule has 0 bridgehead atoms. The molecule has 1 heterocycles. The fourth-order valence-electron chi connectivity index (χ4n) is 4.20. The summed E-state index contributed by atoms with van der Waals surface area (Å²) in [5, 5.41) is 12.3. The van der Waals surface area contributed by atoms with E-state index in [2.05, 4.69) is 6.92 Å². The van der Waals surface area contributed by atoms with Crippen molar-refractivity contribution in [3.63, 3.8) is 0 Å². The second-order valence-corrected chi connectivity index (χ2v) is 9.58. The summed E-state index contributed by atoms with van der Waals surface area (Å²) in [7, 11) is 0. The van der Waals surface area contributed by atoms with Crippen LogP contribution in [0.5, 0.6) is 5.75 Å². The number of aliphatic hydroxyl groups excluding tert-OH is 1. The number of carbonyl (C=O) groups excluding carboxylic acids is 2. The Morgan fingerprint density at radius 1 is 0.972 bits per heavy atom. The van der Waals surface area contributed by atoms with Crippen molar-refractivity contribution in [3.8, 4) is 5.75 Å². The summed E-state index contributed by atoms with van der Waals surface area (Å²) in [5.41, 5.74) is 2.35. The zero-order chi connectivity index (χ0) is 25.8. The van der Waals surface area contributed by atoms with Crippen LogP contribution < -0.4 is 9.64 Å². The van der Waals surface area contributed by atoms with Crippen molar-refractivity contribution in [3.05, 3.63) is 99.0 Å². The minimum atomic E-state index is -0.856. The van der Waals surface area contributed by atoms with Crippen LogP contribution in [0.2, 0.25) is 10.0 Å². The molecule has 186 valence electrons. The molecule has 1 amide bonds. The molecule has 0 aromatic heterocycles. The molecule has 1 saturated heterocycles. The van der Waals surface area contributed by atoms with Gasteiger partial charge in [-0.25, -0.2) is 0 Å². The number of hydrogen-bond donors (Lipinski definition) is 1. The highest BCUT2D eigenvalue weighted by Gasteiger charge is 2.47. The lowest BCUT2D eigenvalue weighted by molar-refractivity contribution is -0.132. The van der Waals surface area contributed by atoms with Crippen molar-refractivity contribution < 1.29 is 19.4 Å². The second-order valence-electron chi connectivity index (χ2n) is 8.73. The van der Waals surface area contributed by atoms with Crippen LogP contribution >= 0.6 is 23.2 Å². The van der Waals surface area contributed by atoms with Gasteiger partial charge in [-0.1, -0.05) is 61.2 Å². The third-order valence-electron chi connectivity index (χ3n) is 6.21.